The Bertz CT molecular complexity index is 141. The summed E-state index contributed by atoms with van der Waals surface area (Å²) in [6.45, 7) is 8.02. The molecule has 0 radical (unpaired) electrons. The molecule has 2 nitrogen and oxygen atoms in total. The third-order valence-electron chi connectivity index (χ3n) is 3.29. The molecule has 2 heteroatoms. The second kappa shape index (κ2) is 6.41. The van der Waals surface area contributed by atoms with Crippen LogP contribution in [0.1, 0.15) is 39.5 Å². The lowest BCUT2D eigenvalue weighted by molar-refractivity contribution is 0.212. The molecule has 0 saturated heterocycles. The largest absolute Gasteiger partial charge is 0.317 e. The molecule has 0 aromatic heterocycles. The minimum atomic E-state index is 0.778. The van der Waals surface area contributed by atoms with Gasteiger partial charge in [-0.2, -0.15) is 0 Å². The Morgan fingerprint density at radius 3 is 2.57 bits per heavy atom. The van der Waals surface area contributed by atoms with Gasteiger partial charge >= 0.3 is 0 Å². The first kappa shape index (κ1) is 12.0. The number of rotatable bonds is 6. The molecular formula is C12H26N2. The maximum Gasteiger partial charge on any atom is 0.00923 e. The van der Waals surface area contributed by atoms with Crippen molar-refractivity contribution in [3.05, 3.63) is 0 Å². The van der Waals surface area contributed by atoms with E-state index in [-0.39, 0.29) is 0 Å². The smallest absolute Gasteiger partial charge is 0.00923 e. The molecular weight excluding hydrogens is 172 g/mol. The normalized spacial score (nSPS) is 20.6. The average Bonchev–Trinajstić information content (AvgIpc) is 2.67. The summed E-state index contributed by atoms with van der Waals surface area (Å²) in [6.07, 6.45) is 5.72. The number of nitrogens with one attached hydrogen (secondary N) is 1. The van der Waals surface area contributed by atoms with E-state index in [4.69, 9.17) is 0 Å². The van der Waals surface area contributed by atoms with Gasteiger partial charge in [-0.05, 0) is 38.9 Å². The van der Waals surface area contributed by atoms with E-state index in [0.29, 0.717) is 0 Å². The standard InChI is InChI=1S/C12H26N2/c1-4-13-9-11(2)10-14(3)12-7-5-6-8-12/h11-13H,4-10H2,1-3H3. The molecule has 1 atom stereocenters. The molecule has 0 heterocycles. The zero-order chi connectivity index (χ0) is 10.4. The van der Waals surface area contributed by atoms with Crippen LogP contribution >= 0.6 is 0 Å². The predicted molar refractivity (Wildman–Crippen MR) is 62.6 cm³/mol. The van der Waals surface area contributed by atoms with Crippen molar-refractivity contribution >= 4 is 0 Å². The van der Waals surface area contributed by atoms with Crippen molar-refractivity contribution in [1.29, 1.82) is 0 Å². The summed E-state index contributed by atoms with van der Waals surface area (Å²) in [6, 6.07) is 0.874. The highest BCUT2D eigenvalue weighted by Gasteiger charge is 2.20. The van der Waals surface area contributed by atoms with Crippen LogP contribution in [0.25, 0.3) is 0 Å². The van der Waals surface area contributed by atoms with Gasteiger partial charge in [0.2, 0.25) is 0 Å². The molecule has 1 unspecified atom stereocenters. The minimum Gasteiger partial charge on any atom is -0.317 e. The van der Waals surface area contributed by atoms with Crippen molar-refractivity contribution in [3.8, 4) is 0 Å². The van der Waals surface area contributed by atoms with Crippen LogP contribution in [0.5, 0.6) is 0 Å². The van der Waals surface area contributed by atoms with Gasteiger partial charge in [0.15, 0.2) is 0 Å². The van der Waals surface area contributed by atoms with E-state index >= 15 is 0 Å². The fourth-order valence-corrected chi connectivity index (χ4v) is 2.44. The van der Waals surface area contributed by atoms with Gasteiger partial charge in [-0.1, -0.05) is 26.7 Å². The van der Waals surface area contributed by atoms with Crippen LogP contribution in [0.2, 0.25) is 0 Å². The van der Waals surface area contributed by atoms with Crippen LogP contribution < -0.4 is 5.32 Å². The third kappa shape index (κ3) is 3.97. The molecule has 1 N–H and O–H groups in total. The maximum absolute atomic E-state index is 3.42. The van der Waals surface area contributed by atoms with Gasteiger partial charge in [0.05, 0.1) is 0 Å². The number of hydrogen-bond acceptors (Lipinski definition) is 2. The highest BCUT2D eigenvalue weighted by atomic mass is 15.1. The van der Waals surface area contributed by atoms with Gasteiger partial charge in [0, 0.05) is 12.6 Å². The molecule has 0 bridgehead atoms. The monoisotopic (exact) mass is 198 g/mol. The first-order valence-corrected chi connectivity index (χ1v) is 6.15. The zero-order valence-corrected chi connectivity index (χ0v) is 10.1. The van der Waals surface area contributed by atoms with Gasteiger partial charge in [-0.25, -0.2) is 0 Å². The Balaban J connectivity index is 2.14. The van der Waals surface area contributed by atoms with Crippen LogP contribution in [0.4, 0.5) is 0 Å². The molecule has 0 amide bonds. The molecule has 1 fully saturated rings. The van der Waals surface area contributed by atoms with Gasteiger partial charge in [-0.15, -0.1) is 0 Å². The summed E-state index contributed by atoms with van der Waals surface area (Å²) < 4.78 is 0. The Hall–Kier alpha value is -0.0800. The molecule has 0 aliphatic heterocycles. The van der Waals surface area contributed by atoms with Crippen LogP contribution in [-0.2, 0) is 0 Å². The summed E-state index contributed by atoms with van der Waals surface area (Å²) in [7, 11) is 2.29. The molecule has 1 rings (SSSR count). The van der Waals surface area contributed by atoms with Crippen molar-refractivity contribution in [2.45, 2.75) is 45.6 Å². The Labute approximate surface area is 89.1 Å². The second-order valence-electron chi connectivity index (χ2n) is 4.79. The summed E-state index contributed by atoms with van der Waals surface area (Å²) in [4.78, 5) is 2.56. The lowest BCUT2D eigenvalue weighted by atomic mass is 10.1. The van der Waals surface area contributed by atoms with Crippen molar-refractivity contribution < 1.29 is 0 Å². The summed E-state index contributed by atoms with van der Waals surface area (Å²) in [5, 5.41) is 3.42. The van der Waals surface area contributed by atoms with Gasteiger partial charge in [0.1, 0.15) is 0 Å². The van der Waals surface area contributed by atoms with Crippen LogP contribution in [0, 0.1) is 5.92 Å². The Kier molecular flexibility index (Phi) is 5.49. The van der Waals surface area contributed by atoms with E-state index in [2.05, 4.69) is 31.1 Å². The molecule has 1 aliphatic rings. The summed E-state index contributed by atoms with van der Waals surface area (Å²) >= 11 is 0. The van der Waals surface area contributed by atoms with Crippen LogP contribution in [0.3, 0.4) is 0 Å². The van der Waals surface area contributed by atoms with E-state index in [0.717, 1.165) is 25.0 Å². The molecule has 1 saturated carbocycles. The average molecular weight is 198 g/mol. The zero-order valence-electron chi connectivity index (χ0n) is 10.1. The Morgan fingerprint density at radius 2 is 2.00 bits per heavy atom. The predicted octanol–water partition coefficient (Wildman–Crippen LogP) is 2.11. The topological polar surface area (TPSA) is 15.3 Å². The van der Waals surface area contributed by atoms with E-state index in [1.165, 1.54) is 32.2 Å². The van der Waals surface area contributed by atoms with E-state index in [1.807, 2.05) is 0 Å². The van der Waals surface area contributed by atoms with E-state index < -0.39 is 0 Å². The lowest BCUT2D eigenvalue weighted by Crippen LogP contribution is -2.36. The van der Waals surface area contributed by atoms with E-state index in [1.54, 1.807) is 0 Å². The highest BCUT2D eigenvalue weighted by Crippen LogP contribution is 2.22. The summed E-state index contributed by atoms with van der Waals surface area (Å²) in [5.74, 6) is 0.778. The molecule has 0 spiro atoms. The quantitative estimate of drug-likeness (QED) is 0.703. The fraction of sp³-hybridized carbons (Fsp3) is 1.00. The highest BCUT2D eigenvalue weighted by molar-refractivity contribution is 4.76. The van der Waals surface area contributed by atoms with Crippen LogP contribution in [0.15, 0.2) is 0 Å². The molecule has 84 valence electrons. The molecule has 0 aromatic carbocycles. The molecule has 14 heavy (non-hydrogen) atoms. The Morgan fingerprint density at radius 1 is 1.36 bits per heavy atom. The SMILES string of the molecule is CCNCC(C)CN(C)C1CCCC1. The number of nitrogens with zero attached hydrogens (tertiary/aromatic N) is 1. The fourth-order valence-electron chi connectivity index (χ4n) is 2.44. The summed E-state index contributed by atoms with van der Waals surface area (Å²) in [5.41, 5.74) is 0. The van der Waals surface area contributed by atoms with Crippen molar-refractivity contribution in [2.24, 2.45) is 5.92 Å². The van der Waals surface area contributed by atoms with Crippen LogP contribution in [-0.4, -0.2) is 37.6 Å². The minimum absolute atomic E-state index is 0.778. The molecule has 0 aromatic rings. The van der Waals surface area contributed by atoms with E-state index in [9.17, 15) is 0 Å². The first-order valence-electron chi connectivity index (χ1n) is 6.15. The number of hydrogen-bond donors (Lipinski definition) is 1. The maximum atomic E-state index is 3.42. The van der Waals surface area contributed by atoms with Gasteiger partial charge in [-0.3, -0.25) is 0 Å². The second-order valence-corrected chi connectivity index (χ2v) is 4.79. The third-order valence-corrected chi connectivity index (χ3v) is 3.29. The first-order chi connectivity index (χ1) is 6.74. The van der Waals surface area contributed by atoms with Crippen molar-refractivity contribution in [2.75, 3.05) is 26.7 Å². The van der Waals surface area contributed by atoms with Gasteiger partial charge < -0.3 is 10.2 Å². The van der Waals surface area contributed by atoms with Crippen molar-refractivity contribution in [3.63, 3.8) is 0 Å². The molecule has 1 aliphatic carbocycles. The lowest BCUT2D eigenvalue weighted by Gasteiger charge is -2.27. The van der Waals surface area contributed by atoms with Crippen molar-refractivity contribution in [1.82, 2.24) is 10.2 Å². The van der Waals surface area contributed by atoms with Gasteiger partial charge in [0.25, 0.3) is 0 Å².